The number of pyridine rings is 2. The number of hydrogen-bond acceptors (Lipinski definition) is 10. The van der Waals surface area contributed by atoms with Gasteiger partial charge in [-0.1, -0.05) is 6.07 Å². The molecule has 1 N–H and O–H groups in total. The lowest BCUT2D eigenvalue weighted by Gasteiger charge is -2.25. The van der Waals surface area contributed by atoms with Gasteiger partial charge < -0.3 is 19.5 Å². The first-order valence-electron chi connectivity index (χ1n) is 8.96. The molecule has 0 bridgehead atoms. The number of carbonyl (C=O) groups is 3. The molecule has 0 saturated carbocycles. The molecular formula is C20H16N4O7. The van der Waals surface area contributed by atoms with E-state index in [0.29, 0.717) is 5.52 Å². The fourth-order valence-electron chi connectivity index (χ4n) is 3.58. The molecule has 3 aliphatic rings. The Labute approximate surface area is 174 Å². The van der Waals surface area contributed by atoms with Crippen molar-refractivity contribution in [3.63, 3.8) is 0 Å². The van der Waals surface area contributed by atoms with E-state index in [4.69, 9.17) is 14.2 Å². The monoisotopic (exact) mass is 424 g/mol. The lowest BCUT2D eigenvalue weighted by molar-refractivity contribution is -0.137. The maximum absolute atomic E-state index is 12.8. The van der Waals surface area contributed by atoms with E-state index in [-0.39, 0.29) is 45.4 Å². The van der Waals surface area contributed by atoms with E-state index in [0.717, 1.165) is 7.11 Å². The van der Waals surface area contributed by atoms with Crippen LogP contribution in [0, 0.1) is 6.92 Å². The molecule has 0 amide bonds. The van der Waals surface area contributed by atoms with Gasteiger partial charge in [-0.15, -0.1) is 0 Å². The van der Waals surface area contributed by atoms with E-state index in [9.17, 15) is 19.2 Å². The molecule has 31 heavy (non-hydrogen) atoms. The smallest absolute Gasteiger partial charge is 0.355 e. The number of fused-ring (bicyclic) bond motifs is 2. The van der Waals surface area contributed by atoms with Gasteiger partial charge >= 0.3 is 17.9 Å². The number of methoxy groups -OCH3 is 3. The van der Waals surface area contributed by atoms with Crippen molar-refractivity contribution in [2.24, 2.45) is 0 Å². The standard InChI is InChI=1S/C20H16N4O7/c1-8-11(17(26)29-2)14-12(16(25)21-8)9-6-5-7-10-13(18(27)30-3)15(19(28)31-4)23-20(22-14)24(9)10/h5-7H,1-4H3,(H,22,23). The minimum absolute atomic E-state index is 0.0189. The van der Waals surface area contributed by atoms with Crippen molar-refractivity contribution < 1.29 is 28.6 Å². The molecule has 0 atom stereocenters. The molecule has 4 heterocycles. The number of nitrogens with one attached hydrogen (secondary N) is 1. The summed E-state index contributed by atoms with van der Waals surface area (Å²) in [6.45, 7) is 1.50. The summed E-state index contributed by atoms with van der Waals surface area (Å²) in [5.41, 5.74) is -0.0546. The van der Waals surface area contributed by atoms with Gasteiger partial charge in [0.05, 0.1) is 49.5 Å². The number of aryl methyl sites for hydroxylation is 1. The van der Waals surface area contributed by atoms with Crippen molar-refractivity contribution in [2.45, 2.75) is 6.92 Å². The van der Waals surface area contributed by atoms with Crippen molar-refractivity contribution in [3.05, 3.63) is 51.2 Å². The van der Waals surface area contributed by atoms with Crippen LogP contribution in [-0.2, 0) is 23.8 Å². The quantitative estimate of drug-likeness (QED) is 0.364. The second-order valence-corrected chi connectivity index (χ2v) is 6.52. The van der Waals surface area contributed by atoms with Gasteiger partial charge in [0.15, 0.2) is 0 Å². The average Bonchev–Trinajstić information content (AvgIpc) is 2.77. The van der Waals surface area contributed by atoms with Crippen molar-refractivity contribution in [1.82, 2.24) is 14.4 Å². The Hall–Kier alpha value is -4.28. The van der Waals surface area contributed by atoms with Gasteiger partial charge in [0.25, 0.3) is 5.56 Å². The predicted octanol–water partition coefficient (Wildman–Crippen LogP) is 0.772. The third kappa shape index (κ3) is 2.81. The van der Waals surface area contributed by atoms with Crippen LogP contribution in [-0.4, -0.2) is 53.6 Å². The van der Waals surface area contributed by atoms with Crippen LogP contribution in [0.4, 0.5) is 5.95 Å². The molecule has 0 radical (unpaired) electrons. The maximum Gasteiger partial charge on any atom is 0.355 e. The highest BCUT2D eigenvalue weighted by atomic mass is 16.5. The summed E-state index contributed by atoms with van der Waals surface area (Å²) in [7, 11) is 3.54. The molecule has 3 aliphatic heterocycles. The molecule has 0 saturated heterocycles. The first-order valence-corrected chi connectivity index (χ1v) is 8.96. The number of esters is 3. The molecular weight excluding hydrogens is 408 g/mol. The molecule has 0 spiro atoms. The van der Waals surface area contributed by atoms with E-state index >= 15 is 0 Å². The second kappa shape index (κ2) is 7.20. The van der Waals surface area contributed by atoms with Crippen LogP contribution in [0.5, 0.6) is 0 Å². The Morgan fingerprint density at radius 3 is 2.29 bits per heavy atom. The largest absolute Gasteiger partial charge is 0.465 e. The van der Waals surface area contributed by atoms with Gasteiger partial charge in [0.2, 0.25) is 5.95 Å². The van der Waals surface area contributed by atoms with Crippen molar-refractivity contribution >= 4 is 34.9 Å². The topological polar surface area (TPSA) is 138 Å². The van der Waals surface area contributed by atoms with E-state index in [2.05, 4.69) is 15.3 Å². The molecule has 0 fully saturated rings. The van der Waals surface area contributed by atoms with Crippen LogP contribution < -0.4 is 10.9 Å². The van der Waals surface area contributed by atoms with E-state index in [1.54, 1.807) is 18.2 Å². The lowest BCUT2D eigenvalue weighted by Crippen LogP contribution is -2.29. The Bertz CT molecular complexity index is 1360. The number of rotatable bonds is 3. The van der Waals surface area contributed by atoms with E-state index in [1.807, 2.05) is 0 Å². The Morgan fingerprint density at radius 1 is 0.968 bits per heavy atom. The zero-order valence-electron chi connectivity index (χ0n) is 16.9. The van der Waals surface area contributed by atoms with Gasteiger partial charge in [-0.25, -0.2) is 24.4 Å². The summed E-state index contributed by atoms with van der Waals surface area (Å²) in [4.78, 5) is 58.5. The molecule has 0 aliphatic carbocycles. The van der Waals surface area contributed by atoms with Crippen molar-refractivity contribution in [2.75, 3.05) is 26.6 Å². The SMILES string of the molecule is COC(=O)C1=C(C(=O)OC)c2cccc3c4c(=O)nc(C)c(C(=O)OC)c-4nc(n23)N1. The lowest BCUT2D eigenvalue weighted by atomic mass is 10.0. The zero-order chi connectivity index (χ0) is 22.4. The van der Waals surface area contributed by atoms with Crippen LogP contribution in [0.2, 0.25) is 0 Å². The van der Waals surface area contributed by atoms with Gasteiger partial charge in [0.1, 0.15) is 16.8 Å². The number of carbonyl (C=O) groups excluding carboxylic acids is 3. The molecule has 1 aromatic rings. The third-order valence-corrected chi connectivity index (χ3v) is 4.91. The zero-order valence-corrected chi connectivity index (χ0v) is 16.9. The van der Waals surface area contributed by atoms with Crippen molar-refractivity contribution in [3.8, 4) is 11.3 Å². The highest BCUT2D eigenvalue weighted by molar-refractivity contribution is 6.24. The highest BCUT2D eigenvalue weighted by Crippen LogP contribution is 2.36. The number of nitrogens with zero attached hydrogens (tertiary/aromatic N) is 3. The van der Waals surface area contributed by atoms with Crippen LogP contribution in [0.25, 0.3) is 22.3 Å². The normalized spacial score (nSPS) is 12.5. The molecule has 11 heteroatoms. The minimum Gasteiger partial charge on any atom is -0.465 e. The van der Waals surface area contributed by atoms with Gasteiger partial charge in [0, 0.05) is 0 Å². The fourth-order valence-corrected chi connectivity index (χ4v) is 3.58. The van der Waals surface area contributed by atoms with Crippen LogP contribution in [0.1, 0.15) is 21.7 Å². The highest BCUT2D eigenvalue weighted by Gasteiger charge is 2.34. The van der Waals surface area contributed by atoms with Crippen LogP contribution >= 0.6 is 0 Å². The summed E-state index contributed by atoms with van der Waals surface area (Å²) in [6.07, 6.45) is 0. The summed E-state index contributed by atoms with van der Waals surface area (Å²) in [5.74, 6) is -2.25. The Morgan fingerprint density at radius 2 is 1.65 bits per heavy atom. The summed E-state index contributed by atoms with van der Waals surface area (Å²) >= 11 is 0. The average molecular weight is 424 g/mol. The Kier molecular flexibility index (Phi) is 4.65. The summed E-state index contributed by atoms with van der Waals surface area (Å²) < 4.78 is 15.9. The van der Waals surface area contributed by atoms with Crippen LogP contribution in [0.15, 0.2) is 28.7 Å². The summed E-state index contributed by atoms with van der Waals surface area (Å²) in [5, 5.41) is 2.77. The van der Waals surface area contributed by atoms with Gasteiger partial charge in [-0.3, -0.25) is 9.20 Å². The van der Waals surface area contributed by atoms with E-state index in [1.165, 1.54) is 25.5 Å². The molecule has 0 aromatic carbocycles. The molecule has 0 unspecified atom stereocenters. The summed E-state index contributed by atoms with van der Waals surface area (Å²) in [6, 6.07) is 4.76. The van der Waals surface area contributed by atoms with Gasteiger partial charge in [-0.2, -0.15) is 0 Å². The minimum atomic E-state index is -0.825. The molecule has 158 valence electrons. The molecule has 11 nitrogen and oxygen atoms in total. The second-order valence-electron chi connectivity index (χ2n) is 6.52. The number of ether oxygens (including phenoxy) is 3. The number of hydrogen-bond donors (Lipinski definition) is 1. The maximum atomic E-state index is 12.8. The van der Waals surface area contributed by atoms with Crippen molar-refractivity contribution in [1.29, 1.82) is 0 Å². The predicted molar refractivity (Wildman–Crippen MR) is 107 cm³/mol. The number of anilines is 1. The number of aromatic nitrogens is 3. The fraction of sp³-hybridized carbons (Fsp3) is 0.200. The first kappa shape index (κ1) is 20.0. The molecule has 1 aromatic heterocycles. The van der Waals surface area contributed by atoms with Crippen LogP contribution in [0.3, 0.4) is 0 Å². The van der Waals surface area contributed by atoms with E-state index < -0.39 is 23.5 Å². The van der Waals surface area contributed by atoms with Gasteiger partial charge in [-0.05, 0) is 19.1 Å². The third-order valence-electron chi connectivity index (χ3n) is 4.91. The Balaban J connectivity index is 2.20. The molecule has 4 rings (SSSR count). The first-order chi connectivity index (χ1) is 14.8.